The van der Waals surface area contributed by atoms with Gasteiger partial charge in [0, 0.05) is 18.2 Å². The largest absolute Gasteiger partial charge is 0.489 e. The Bertz CT molecular complexity index is 567. The van der Waals surface area contributed by atoms with Crippen LogP contribution in [0.15, 0.2) is 48.5 Å². The van der Waals surface area contributed by atoms with Crippen molar-refractivity contribution in [2.75, 3.05) is 5.73 Å². The molecule has 0 unspecified atom stereocenters. The maximum atomic E-state index is 11.0. The van der Waals surface area contributed by atoms with Gasteiger partial charge in [0.1, 0.15) is 18.1 Å². The minimum atomic E-state index is -0.370. The smallest absolute Gasteiger partial charge is 0.308 e. The normalized spacial score (nSPS) is 9.95. The molecule has 0 aliphatic rings. The first-order chi connectivity index (χ1) is 9.15. The number of hydrogen-bond acceptors (Lipinski definition) is 4. The maximum absolute atomic E-state index is 11.0. The lowest BCUT2D eigenvalue weighted by Crippen LogP contribution is -2.06. The molecule has 0 saturated heterocycles. The van der Waals surface area contributed by atoms with Crippen molar-refractivity contribution in [2.24, 2.45) is 0 Å². The van der Waals surface area contributed by atoms with Crippen molar-refractivity contribution in [1.82, 2.24) is 0 Å². The van der Waals surface area contributed by atoms with Crippen LogP contribution >= 0.6 is 0 Å². The Morgan fingerprint density at radius 3 is 2.58 bits per heavy atom. The number of benzene rings is 2. The standard InChI is InChI=1S/C15H15NO3/c1-11(17)19-15-8-7-13(16)9-12(15)10-18-14-5-3-2-4-6-14/h2-9H,10,16H2,1H3. The van der Waals surface area contributed by atoms with Crippen molar-refractivity contribution in [3.8, 4) is 11.5 Å². The number of nitrogens with two attached hydrogens (primary N) is 1. The lowest BCUT2D eigenvalue weighted by molar-refractivity contribution is -0.131. The fraction of sp³-hybridized carbons (Fsp3) is 0.133. The summed E-state index contributed by atoms with van der Waals surface area (Å²) in [4.78, 5) is 11.0. The van der Waals surface area contributed by atoms with Crippen LogP contribution in [-0.2, 0) is 11.4 Å². The van der Waals surface area contributed by atoms with Gasteiger partial charge in [-0.1, -0.05) is 18.2 Å². The highest BCUT2D eigenvalue weighted by molar-refractivity contribution is 5.70. The predicted octanol–water partition coefficient (Wildman–Crippen LogP) is 2.77. The van der Waals surface area contributed by atoms with Crippen LogP contribution in [0.1, 0.15) is 12.5 Å². The third-order valence-corrected chi connectivity index (χ3v) is 2.48. The molecule has 0 radical (unpaired) electrons. The third-order valence-electron chi connectivity index (χ3n) is 2.48. The van der Waals surface area contributed by atoms with Crippen LogP contribution in [0.25, 0.3) is 0 Å². The van der Waals surface area contributed by atoms with Gasteiger partial charge >= 0.3 is 5.97 Å². The second kappa shape index (κ2) is 5.91. The highest BCUT2D eigenvalue weighted by Gasteiger charge is 2.07. The van der Waals surface area contributed by atoms with Crippen LogP contribution in [0.4, 0.5) is 5.69 Å². The van der Waals surface area contributed by atoms with Crippen LogP contribution < -0.4 is 15.2 Å². The Morgan fingerprint density at radius 1 is 1.16 bits per heavy atom. The van der Waals surface area contributed by atoms with E-state index in [0.717, 1.165) is 11.3 Å². The van der Waals surface area contributed by atoms with Crippen LogP contribution in [0.5, 0.6) is 11.5 Å². The molecule has 4 heteroatoms. The maximum Gasteiger partial charge on any atom is 0.308 e. The van der Waals surface area contributed by atoms with E-state index in [1.54, 1.807) is 18.2 Å². The quantitative estimate of drug-likeness (QED) is 0.519. The molecule has 2 rings (SSSR count). The number of hydrogen-bond donors (Lipinski definition) is 1. The molecular weight excluding hydrogens is 242 g/mol. The fourth-order valence-electron chi connectivity index (χ4n) is 1.64. The van der Waals surface area contributed by atoms with Crippen LogP contribution in [0, 0.1) is 0 Å². The van der Waals surface area contributed by atoms with Gasteiger partial charge < -0.3 is 15.2 Å². The van der Waals surface area contributed by atoms with Crippen molar-refractivity contribution < 1.29 is 14.3 Å². The number of carbonyl (C=O) groups is 1. The summed E-state index contributed by atoms with van der Waals surface area (Å²) >= 11 is 0. The molecule has 0 atom stereocenters. The van der Waals surface area contributed by atoms with E-state index in [0.29, 0.717) is 11.4 Å². The molecule has 0 bridgehead atoms. The lowest BCUT2D eigenvalue weighted by Gasteiger charge is -2.11. The van der Waals surface area contributed by atoms with Gasteiger partial charge in [-0.2, -0.15) is 0 Å². The summed E-state index contributed by atoms with van der Waals surface area (Å²) in [5.41, 5.74) is 7.07. The minimum absolute atomic E-state index is 0.289. The molecule has 4 nitrogen and oxygen atoms in total. The fourth-order valence-corrected chi connectivity index (χ4v) is 1.64. The van der Waals surface area contributed by atoms with E-state index in [9.17, 15) is 4.79 Å². The van der Waals surface area contributed by atoms with Crippen LogP contribution in [-0.4, -0.2) is 5.97 Å². The zero-order valence-corrected chi connectivity index (χ0v) is 10.6. The molecule has 0 aliphatic heterocycles. The van der Waals surface area contributed by atoms with E-state index in [2.05, 4.69) is 0 Å². The average molecular weight is 257 g/mol. The Morgan fingerprint density at radius 2 is 1.89 bits per heavy atom. The molecule has 19 heavy (non-hydrogen) atoms. The van der Waals surface area contributed by atoms with Crippen LogP contribution in [0.2, 0.25) is 0 Å². The number of nitrogen functional groups attached to an aromatic ring is 1. The molecule has 2 aromatic rings. The predicted molar refractivity (Wildman–Crippen MR) is 72.9 cm³/mol. The number of carbonyl (C=O) groups excluding carboxylic acids is 1. The van der Waals surface area contributed by atoms with Crippen LogP contribution in [0.3, 0.4) is 0 Å². The van der Waals surface area contributed by atoms with E-state index < -0.39 is 0 Å². The van der Waals surface area contributed by atoms with Crippen molar-refractivity contribution in [1.29, 1.82) is 0 Å². The van der Waals surface area contributed by atoms with Gasteiger partial charge in [0.15, 0.2) is 0 Å². The average Bonchev–Trinajstić information content (AvgIpc) is 2.40. The van der Waals surface area contributed by atoms with E-state index in [1.807, 2.05) is 30.3 Å². The Hall–Kier alpha value is -2.49. The van der Waals surface area contributed by atoms with Crippen molar-refractivity contribution in [3.05, 3.63) is 54.1 Å². The Balaban J connectivity index is 2.14. The summed E-state index contributed by atoms with van der Waals surface area (Å²) in [6.45, 7) is 1.65. The van der Waals surface area contributed by atoms with Gasteiger partial charge in [0.05, 0.1) is 0 Å². The molecule has 0 heterocycles. The second-order valence-electron chi connectivity index (χ2n) is 4.06. The summed E-state index contributed by atoms with van der Waals surface area (Å²) in [5.74, 6) is 0.849. The van der Waals surface area contributed by atoms with Crippen molar-refractivity contribution in [3.63, 3.8) is 0 Å². The number of anilines is 1. The topological polar surface area (TPSA) is 61.5 Å². The summed E-state index contributed by atoms with van der Waals surface area (Å²) in [7, 11) is 0. The first-order valence-corrected chi connectivity index (χ1v) is 5.90. The lowest BCUT2D eigenvalue weighted by atomic mass is 10.2. The number of para-hydroxylation sites is 1. The van der Waals surface area contributed by atoms with Crippen molar-refractivity contribution in [2.45, 2.75) is 13.5 Å². The minimum Gasteiger partial charge on any atom is -0.489 e. The molecule has 0 aliphatic carbocycles. The zero-order valence-electron chi connectivity index (χ0n) is 10.6. The van der Waals surface area contributed by atoms with Gasteiger partial charge in [-0.3, -0.25) is 4.79 Å². The highest BCUT2D eigenvalue weighted by Crippen LogP contribution is 2.23. The van der Waals surface area contributed by atoms with E-state index >= 15 is 0 Å². The molecule has 0 fully saturated rings. The molecule has 0 saturated carbocycles. The number of rotatable bonds is 4. The first kappa shape index (κ1) is 13.0. The zero-order chi connectivity index (χ0) is 13.7. The monoisotopic (exact) mass is 257 g/mol. The first-order valence-electron chi connectivity index (χ1n) is 5.90. The summed E-state index contributed by atoms with van der Waals surface area (Å²) in [6.07, 6.45) is 0. The molecule has 0 amide bonds. The van der Waals surface area contributed by atoms with E-state index in [-0.39, 0.29) is 12.6 Å². The highest BCUT2D eigenvalue weighted by atomic mass is 16.5. The third kappa shape index (κ3) is 3.74. The van der Waals surface area contributed by atoms with Gasteiger partial charge in [0.25, 0.3) is 0 Å². The van der Waals surface area contributed by atoms with Gasteiger partial charge in [-0.25, -0.2) is 0 Å². The van der Waals surface area contributed by atoms with E-state index in [4.69, 9.17) is 15.2 Å². The Kier molecular flexibility index (Phi) is 4.03. The second-order valence-corrected chi connectivity index (χ2v) is 4.06. The molecule has 0 aromatic heterocycles. The molecule has 2 aromatic carbocycles. The molecule has 98 valence electrons. The summed E-state index contributed by atoms with van der Waals surface area (Å²) in [5, 5.41) is 0. The van der Waals surface area contributed by atoms with E-state index in [1.165, 1.54) is 6.92 Å². The SMILES string of the molecule is CC(=O)Oc1ccc(N)cc1COc1ccccc1. The molecular formula is C15H15NO3. The van der Waals surface area contributed by atoms with Gasteiger partial charge in [-0.05, 0) is 30.3 Å². The van der Waals surface area contributed by atoms with Crippen molar-refractivity contribution >= 4 is 11.7 Å². The summed E-state index contributed by atoms with van der Waals surface area (Å²) < 4.78 is 10.7. The van der Waals surface area contributed by atoms with Gasteiger partial charge in [-0.15, -0.1) is 0 Å². The van der Waals surface area contributed by atoms with Gasteiger partial charge in [0.2, 0.25) is 0 Å². The molecule has 2 N–H and O–H groups in total. The Labute approximate surface area is 111 Å². The molecule has 0 spiro atoms. The number of esters is 1. The number of ether oxygens (including phenoxy) is 2. The summed E-state index contributed by atoms with van der Waals surface area (Å²) in [6, 6.07) is 14.5.